The molecule has 0 spiro atoms. The van der Waals surface area contributed by atoms with Gasteiger partial charge in [-0.15, -0.1) is 0 Å². The molecule has 3 amide bonds. The van der Waals surface area contributed by atoms with E-state index in [-0.39, 0.29) is 49.3 Å². The number of rotatable bonds is 16. The number of hydrogen-bond acceptors (Lipinski definition) is 9. The Bertz CT molecular complexity index is 2680. The first kappa shape index (κ1) is 44.0. The number of hydrogen-bond donors (Lipinski definition) is 3. The van der Waals surface area contributed by atoms with Gasteiger partial charge in [0.1, 0.15) is 30.5 Å². The van der Waals surface area contributed by atoms with Gasteiger partial charge in [0.25, 0.3) is 5.69 Å². The van der Waals surface area contributed by atoms with Crippen molar-refractivity contribution in [2.75, 3.05) is 11.9 Å². The number of carbonyl (C=O) groups is 4. The average Bonchev–Trinajstić information content (AvgIpc) is 3.67. The molecule has 8 rings (SSSR count). The number of carbonyl (C=O) groups excluding carboxylic acids is 4. The van der Waals surface area contributed by atoms with Crippen LogP contribution in [0.1, 0.15) is 52.1 Å². The number of ether oxygens (including phenoxy) is 3. The second-order valence-electron chi connectivity index (χ2n) is 15.5. The molecule has 1 aliphatic carbocycles. The summed E-state index contributed by atoms with van der Waals surface area (Å²) in [5, 5.41) is 19.8. The maximum atomic E-state index is 14.3. The Labute approximate surface area is 380 Å². The molecule has 7 aromatic carbocycles. The standard InChI is InChI=1S/C53H44N4O9/c58-49(56-53(37-14-4-1-5-15-37,38-16-6-2-7-17-38)39-18-8-3-9-19-39)33-32-48(55-51(60)64-35-47-45-22-12-10-20-43(45)44-21-11-13-23-46(44)47)50(59)54-40-26-24-36(25-27-40)34-65-52(61)66-42-30-28-41(29-31-42)57(62)63/h1-31,47-48H,32-35H2,(H,54,59)(H,55,60)(H,56,58)/t48-/m0/s1. The number of alkyl carbamates (subject to hydrolysis) is 1. The van der Waals surface area contributed by atoms with Gasteiger partial charge in [-0.3, -0.25) is 19.7 Å². The molecule has 1 aliphatic rings. The van der Waals surface area contributed by atoms with Crippen molar-refractivity contribution in [3.63, 3.8) is 0 Å². The van der Waals surface area contributed by atoms with Crippen molar-refractivity contribution < 1.29 is 38.3 Å². The molecule has 3 N–H and O–H groups in total. The molecule has 0 fully saturated rings. The number of nitro groups is 1. The van der Waals surface area contributed by atoms with Crippen molar-refractivity contribution in [1.29, 1.82) is 0 Å². The molecule has 330 valence electrons. The number of non-ortho nitro benzene ring substituents is 1. The van der Waals surface area contributed by atoms with Gasteiger partial charge in [0, 0.05) is 30.2 Å². The van der Waals surface area contributed by atoms with Gasteiger partial charge in [0.05, 0.1) is 4.92 Å². The summed E-state index contributed by atoms with van der Waals surface area (Å²) >= 11 is 0. The normalized spacial score (nSPS) is 12.1. The lowest BCUT2D eigenvalue weighted by atomic mass is 9.77. The van der Waals surface area contributed by atoms with Crippen LogP contribution in [0.15, 0.2) is 188 Å². The van der Waals surface area contributed by atoms with Gasteiger partial charge >= 0.3 is 12.2 Å². The largest absolute Gasteiger partial charge is 0.514 e. The molecule has 13 nitrogen and oxygen atoms in total. The van der Waals surface area contributed by atoms with Crippen LogP contribution in [0.3, 0.4) is 0 Å². The van der Waals surface area contributed by atoms with Crippen LogP contribution in [0.4, 0.5) is 21.0 Å². The van der Waals surface area contributed by atoms with Crippen molar-refractivity contribution in [2.45, 2.75) is 36.9 Å². The highest BCUT2D eigenvalue weighted by Crippen LogP contribution is 2.44. The van der Waals surface area contributed by atoms with E-state index in [1.165, 1.54) is 24.3 Å². The predicted molar refractivity (Wildman–Crippen MR) is 248 cm³/mol. The van der Waals surface area contributed by atoms with Gasteiger partial charge in [-0.25, -0.2) is 9.59 Å². The minimum atomic E-state index is -1.21. The van der Waals surface area contributed by atoms with E-state index >= 15 is 0 Å². The Kier molecular flexibility index (Phi) is 13.5. The number of anilines is 1. The monoisotopic (exact) mass is 880 g/mol. The predicted octanol–water partition coefficient (Wildman–Crippen LogP) is 10.0. The molecular weight excluding hydrogens is 837 g/mol. The lowest BCUT2D eigenvalue weighted by Gasteiger charge is -2.37. The van der Waals surface area contributed by atoms with Crippen LogP contribution in [0.25, 0.3) is 11.1 Å². The highest BCUT2D eigenvalue weighted by Gasteiger charge is 2.38. The summed E-state index contributed by atoms with van der Waals surface area (Å²) < 4.78 is 16.1. The Morgan fingerprint density at radius 2 is 1.14 bits per heavy atom. The van der Waals surface area contributed by atoms with Crippen LogP contribution in [0.5, 0.6) is 5.75 Å². The minimum Gasteiger partial charge on any atom is -0.449 e. The molecule has 0 bridgehead atoms. The Morgan fingerprint density at radius 1 is 0.621 bits per heavy atom. The maximum absolute atomic E-state index is 14.3. The van der Waals surface area contributed by atoms with E-state index in [0.717, 1.165) is 38.9 Å². The summed E-state index contributed by atoms with van der Waals surface area (Å²) in [6.07, 6.45) is -2.07. The van der Waals surface area contributed by atoms with Crippen LogP contribution in [0, 0.1) is 10.1 Å². The molecule has 13 heteroatoms. The molecule has 0 aliphatic heterocycles. The highest BCUT2D eigenvalue weighted by atomic mass is 16.7. The summed E-state index contributed by atoms with van der Waals surface area (Å²) in [5.74, 6) is -1.09. The highest BCUT2D eigenvalue weighted by molar-refractivity contribution is 5.97. The molecule has 0 radical (unpaired) electrons. The first-order chi connectivity index (χ1) is 32.2. The SMILES string of the molecule is O=C(CC[C@H](NC(=O)OCC1c2ccccc2-c2ccccc21)C(=O)Nc1ccc(COC(=O)Oc2ccc([N+](=O)[O-])cc2)cc1)NC(c1ccccc1)(c1ccccc1)c1ccccc1. The minimum absolute atomic E-state index is 0.0212. The van der Waals surface area contributed by atoms with Gasteiger partial charge in [0.2, 0.25) is 11.8 Å². The molecule has 0 saturated carbocycles. The molecule has 0 unspecified atom stereocenters. The van der Waals surface area contributed by atoms with Crippen molar-refractivity contribution in [3.05, 3.63) is 232 Å². The number of amides is 3. The third-order valence-electron chi connectivity index (χ3n) is 11.4. The third-order valence-corrected chi connectivity index (χ3v) is 11.4. The zero-order chi connectivity index (χ0) is 45.9. The van der Waals surface area contributed by atoms with Crippen LogP contribution < -0.4 is 20.7 Å². The fourth-order valence-corrected chi connectivity index (χ4v) is 8.20. The van der Waals surface area contributed by atoms with Gasteiger partial charge < -0.3 is 30.2 Å². The number of nitro benzene ring substituents is 1. The van der Waals surface area contributed by atoms with Crippen LogP contribution in [-0.4, -0.2) is 41.6 Å². The molecule has 1 atom stereocenters. The molecule has 7 aromatic rings. The fourth-order valence-electron chi connectivity index (χ4n) is 8.20. The van der Waals surface area contributed by atoms with E-state index < -0.39 is 34.7 Å². The molecular formula is C53H44N4O9. The Balaban J connectivity index is 0.972. The summed E-state index contributed by atoms with van der Waals surface area (Å²) in [5.41, 5.74) is 6.40. The number of nitrogens with zero attached hydrogens (tertiary/aromatic N) is 1. The number of benzene rings is 7. The zero-order valence-electron chi connectivity index (χ0n) is 35.5. The van der Waals surface area contributed by atoms with E-state index in [2.05, 4.69) is 16.0 Å². The number of nitrogens with one attached hydrogen (secondary N) is 3. The van der Waals surface area contributed by atoms with E-state index in [1.54, 1.807) is 24.3 Å². The summed E-state index contributed by atoms with van der Waals surface area (Å²) in [6, 6.07) is 55.2. The fraction of sp³-hybridized carbons (Fsp3) is 0.132. The molecule has 0 aromatic heterocycles. The van der Waals surface area contributed by atoms with E-state index in [9.17, 15) is 29.3 Å². The lowest BCUT2D eigenvalue weighted by Crippen LogP contribution is -2.49. The van der Waals surface area contributed by atoms with E-state index in [1.807, 2.05) is 140 Å². The topological polar surface area (TPSA) is 175 Å². The second kappa shape index (κ2) is 20.3. The van der Waals surface area contributed by atoms with E-state index in [0.29, 0.717) is 11.3 Å². The van der Waals surface area contributed by atoms with Crippen molar-refractivity contribution in [3.8, 4) is 16.9 Å². The zero-order valence-corrected chi connectivity index (χ0v) is 35.5. The van der Waals surface area contributed by atoms with Crippen molar-refractivity contribution in [2.24, 2.45) is 0 Å². The Hall–Kier alpha value is -8.58. The van der Waals surface area contributed by atoms with Crippen LogP contribution >= 0.6 is 0 Å². The van der Waals surface area contributed by atoms with Crippen LogP contribution in [0.2, 0.25) is 0 Å². The summed E-state index contributed by atoms with van der Waals surface area (Å²) in [7, 11) is 0. The first-order valence-corrected chi connectivity index (χ1v) is 21.3. The van der Waals surface area contributed by atoms with Crippen LogP contribution in [-0.2, 0) is 31.2 Å². The van der Waals surface area contributed by atoms with Gasteiger partial charge in [0.15, 0.2) is 0 Å². The number of fused-ring (bicyclic) bond motifs is 3. The molecule has 0 heterocycles. The smallest absolute Gasteiger partial charge is 0.449 e. The summed E-state index contributed by atoms with van der Waals surface area (Å²) in [6.45, 7) is -0.148. The second-order valence-corrected chi connectivity index (χ2v) is 15.5. The quantitative estimate of drug-likeness (QED) is 0.0280. The molecule has 0 saturated heterocycles. The molecule has 66 heavy (non-hydrogen) atoms. The third kappa shape index (κ3) is 10.1. The van der Waals surface area contributed by atoms with Gasteiger partial charge in [-0.05, 0) is 75.2 Å². The Morgan fingerprint density at radius 3 is 1.67 bits per heavy atom. The first-order valence-electron chi connectivity index (χ1n) is 21.3. The average molecular weight is 881 g/mol. The van der Waals surface area contributed by atoms with Crippen molar-refractivity contribution in [1.82, 2.24) is 10.6 Å². The summed E-state index contributed by atoms with van der Waals surface area (Å²) in [4.78, 5) is 64.7. The van der Waals surface area contributed by atoms with E-state index in [4.69, 9.17) is 14.2 Å². The lowest BCUT2D eigenvalue weighted by molar-refractivity contribution is -0.384. The van der Waals surface area contributed by atoms with Gasteiger partial charge in [-0.2, -0.15) is 0 Å². The maximum Gasteiger partial charge on any atom is 0.514 e. The van der Waals surface area contributed by atoms with Crippen molar-refractivity contribution >= 4 is 35.4 Å². The van der Waals surface area contributed by atoms with Gasteiger partial charge in [-0.1, -0.05) is 152 Å².